The maximum Gasteiger partial charge on any atom is 0.0746 e. The molecule has 3 aromatic rings. The quantitative estimate of drug-likeness (QED) is 0.734. The van der Waals surface area contributed by atoms with Gasteiger partial charge >= 0.3 is 0 Å². The molecule has 106 valence electrons. The molecule has 2 aromatic carbocycles. The summed E-state index contributed by atoms with van der Waals surface area (Å²) in [5.41, 5.74) is 3.57. The van der Waals surface area contributed by atoms with Gasteiger partial charge in [0.2, 0.25) is 0 Å². The Balaban J connectivity index is 1.79. The predicted octanol–water partition coefficient (Wildman–Crippen LogP) is 4.85. The van der Waals surface area contributed by atoms with Crippen molar-refractivity contribution < 1.29 is 0 Å². The van der Waals surface area contributed by atoms with Gasteiger partial charge in [0, 0.05) is 28.6 Å². The molecular formula is C18H17BrN2. The van der Waals surface area contributed by atoms with Crippen LogP contribution < -0.4 is 5.32 Å². The molecule has 0 fully saturated rings. The summed E-state index contributed by atoms with van der Waals surface area (Å²) in [6, 6.07) is 19.0. The second-order valence-corrected chi connectivity index (χ2v) is 5.97. The topological polar surface area (TPSA) is 24.9 Å². The Bertz CT molecular complexity index is 750. The Kier molecular flexibility index (Phi) is 4.32. The standard InChI is InChI=1S/C18H17BrN2/c1-13(16-9-2-3-10-17(16)19)21-12-15-7-4-6-14-8-5-11-20-18(14)15/h2-11,13,21H,12H2,1H3. The third kappa shape index (κ3) is 3.14. The first-order valence-corrected chi connectivity index (χ1v) is 7.85. The van der Waals surface area contributed by atoms with Crippen molar-refractivity contribution >= 4 is 26.8 Å². The Morgan fingerprint density at radius 3 is 2.71 bits per heavy atom. The van der Waals surface area contributed by atoms with Crippen LogP contribution in [-0.2, 0) is 6.54 Å². The summed E-state index contributed by atoms with van der Waals surface area (Å²) >= 11 is 3.61. The lowest BCUT2D eigenvalue weighted by atomic mass is 10.1. The fourth-order valence-electron chi connectivity index (χ4n) is 2.51. The maximum absolute atomic E-state index is 4.50. The van der Waals surface area contributed by atoms with Gasteiger partial charge in [0.05, 0.1) is 5.52 Å². The van der Waals surface area contributed by atoms with Crippen molar-refractivity contribution in [1.82, 2.24) is 10.3 Å². The van der Waals surface area contributed by atoms with Gasteiger partial charge in [0.25, 0.3) is 0 Å². The lowest BCUT2D eigenvalue weighted by molar-refractivity contribution is 0.574. The highest BCUT2D eigenvalue weighted by molar-refractivity contribution is 9.10. The lowest BCUT2D eigenvalue weighted by Crippen LogP contribution is -2.18. The number of fused-ring (bicyclic) bond motifs is 1. The van der Waals surface area contributed by atoms with Gasteiger partial charge in [0.15, 0.2) is 0 Å². The maximum atomic E-state index is 4.50. The Labute approximate surface area is 133 Å². The van der Waals surface area contributed by atoms with E-state index >= 15 is 0 Å². The highest BCUT2D eigenvalue weighted by Gasteiger charge is 2.09. The lowest BCUT2D eigenvalue weighted by Gasteiger charge is -2.16. The molecule has 0 aliphatic heterocycles. The second-order valence-electron chi connectivity index (χ2n) is 5.12. The van der Waals surface area contributed by atoms with Gasteiger partial charge < -0.3 is 5.32 Å². The molecule has 0 radical (unpaired) electrons. The number of aromatic nitrogens is 1. The minimum Gasteiger partial charge on any atom is -0.306 e. The van der Waals surface area contributed by atoms with Crippen molar-refractivity contribution in [2.24, 2.45) is 0 Å². The number of benzene rings is 2. The molecule has 1 aromatic heterocycles. The molecule has 0 aliphatic rings. The van der Waals surface area contributed by atoms with Crippen LogP contribution in [0.2, 0.25) is 0 Å². The van der Waals surface area contributed by atoms with Crippen LogP contribution in [-0.4, -0.2) is 4.98 Å². The van der Waals surface area contributed by atoms with Crippen LogP contribution in [0.4, 0.5) is 0 Å². The molecule has 1 heterocycles. The molecule has 0 amide bonds. The third-order valence-electron chi connectivity index (χ3n) is 3.69. The van der Waals surface area contributed by atoms with Gasteiger partial charge in [-0.1, -0.05) is 58.4 Å². The molecule has 0 saturated heterocycles. The molecule has 0 saturated carbocycles. The van der Waals surface area contributed by atoms with Crippen LogP contribution in [0.25, 0.3) is 10.9 Å². The Morgan fingerprint density at radius 1 is 1.05 bits per heavy atom. The number of rotatable bonds is 4. The number of para-hydroxylation sites is 1. The zero-order chi connectivity index (χ0) is 14.7. The van der Waals surface area contributed by atoms with Crippen molar-refractivity contribution in [2.75, 3.05) is 0 Å². The number of nitrogens with one attached hydrogen (secondary N) is 1. The van der Waals surface area contributed by atoms with Gasteiger partial charge in [-0.05, 0) is 30.2 Å². The molecule has 0 aliphatic carbocycles. The van der Waals surface area contributed by atoms with Crippen molar-refractivity contribution in [3.8, 4) is 0 Å². The first kappa shape index (κ1) is 14.2. The van der Waals surface area contributed by atoms with Gasteiger partial charge in [-0.2, -0.15) is 0 Å². The highest BCUT2D eigenvalue weighted by Crippen LogP contribution is 2.23. The molecule has 1 atom stereocenters. The average molecular weight is 341 g/mol. The van der Waals surface area contributed by atoms with Crippen LogP contribution in [0.5, 0.6) is 0 Å². The zero-order valence-electron chi connectivity index (χ0n) is 11.9. The minimum atomic E-state index is 0.277. The van der Waals surface area contributed by atoms with Crippen molar-refractivity contribution in [1.29, 1.82) is 0 Å². The van der Waals surface area contributed by atoms with Crippen LogP contribution in [0.15, 0.2) is 65.3 Å². The summed E-state index contributed by atoms with van der Waals surface area (Å²) in [7, 11) is 0. The van der Waals surface area contributed by atoms with Crippen LogP contribution >= 0.6 is 15.9 Å². The number of hydrogen-bond donors (Lipinski definition) is 1. The monoisotopic (exact) mass is 340 g/mol. The van der Waals surface area contributed by atoms with E-state index in [0.29, 0.717) is 0 Å². The molecule has 0 spiro atoms. The Hall–Kier alpha value is -1.71. The van der Waals surface area contributed by atoms with Crippen molar-refractivity contribution in [3.63, 3.8) is 0 Å². The number of hydrogen-bond acceptors (Lipinski definition) is 2. The van der Waals surface area contributed by atoms with Gasteiger partial charge in [0.1, 0.15) is 0 Å². The van der Waals surface area contributed by atoms with E-state index in [4.69, 9.17) is 0 Å². The summed E-state index contributed by atoms with van der Waals surface area (Å²) in [6.45, 7) is 2.98. The summed E-state index contributed by atoms with van der Waals surface area (Å²) < 4.78 is 1.14. The van der Waals surface area contributed by atoms with E-state index in [1.807, 2.05) is 18.3 Å². The zero-order valence-corrected chi connectivity index (χ0v) is 13.5. The summed E-state index contributed by atoms with van der Waals surface area (Å²) in [4.78, 5) is 4.50. The van der Waals surface area contributed by atoms with E-state index in [1.54, 1.807) is 0 Å². The van der Waals surface area contributed by atoms with E-state index < -0.39 is 0 Å². The largest absolute Gasteiger partial charge is 0.306 e. The van der Waals surface area contributed by atoms with E-state index in [2.05, 4.69) is 75.6 Å². The van der Waals surface area contributed by atoms with Gasteiger partial charge in [-0.15, -0.1) is 0 Å². The van der Waals surface area contributed by atoms with Gasteiger partial charge in [-0.25, -0.2) is 0 Å². The van der Waals surface area contributed by atoms with Crippen LogP contribution in [0, 0.1) is 0 Å². The number of halogens is 1. The van der Waals surface area contributed by atoms with Crippen molar-refractivity contribution in [3.05, 3.63) is 76.4 Å². The number of pyridine rings is 1. The fourth-order valence-corrected chi connectivity index (χ4v) is 3.14. The van der Waals surface area contributed by atoms with Crippen LogP contribution in [0.1, 0.15) is 24.1 Å². The fraction of sp³-hybridized carbons (Fsp3) is 0.167. The molecule has 21 heavy (non-hydrogen) atoms. The Morgan fingerprint density at radius 2 is 1.86 bits per heavy atom. The highest BCUT2D eigenvalue weighted by atomic mass is 79.9. The molecule has 2 nitrogen and oxygen atoms in total. The van der Waals surface area contributed by atoms with Crippen molar-refractivity contribution in [2.45, 2.75) is 19.5 Å². The molecule has 3 heteroatoms. The summed E-state index contributed by atoms with van der Waals surface area (Å²) in [5.74, 6) is 0. The first-order chi connectivity index (χ1) is 10.3. The third-order valence-corrected chi connectivity index (χ3v) is 4.41. The normalized spacial score (nSPS) is 12.5. The van der Waals surface area contributed by atoms with Gasteiger partial charge in [-0.3, -0.25) is 4.98 Å². The predicted molar refractivity (Wildman–Crippen MR) is 91.1 cm³/mol. The van der Waals surface area contributed by atoms with E-state index in [0.717, 1.165) is 16.5 Å². The first-order valence-electron chi connectivity index (χ1n) is 7.06. The molecule has 1 N–H and O–H groups in total. The minimum absolute atomic E-state index is 0.277. The molecular weight excluding hydrogens is 324 g/mol. The summed E-state index contributed by atoms with van der Waals surface area (Å²) in [5, 5.41) is 4.76. The average Bonchev–Trinajstić information content (AvgIpc) is 2.53. The van der Waals surface area contributed by atoms with E-state index in [-0.39, 0.29) is 6.04 Å². The van der Waals surface area contributed by atoms with E-state index in [1.165, 1.54) is 16.5 Å². The molecule has 3 rings (SSSR count). The smallest absolute Gasteiger partial charge is 0.0746 e. The number of nitrogens with zero attached hydrogens (tertiary/aromatic N) is 1. The second kappa shape index (κ2) is 6.37. The molecule has 1 unspecified atom stereocenters. The van der Waals surface area contributed by atoms with E-state index in [9.17, 15) is 0 Å². The SMILES string of the molecule is CC(NCc1cccc2cccnc12)c1ccccc1Br. The van der Waals surface area contributed by atoms with Crippen LogP contribution in [0.3, 0.4) is 0 Å². The molecule has 0 bridgehead atoms. The summed E-state index contributed by atoms with van der Waals surface area (Å²) in [6.07, 6.45) is 1.85.